The van der Waals surface area contributed by atoms with Crippen molar-refractivity contribution in [3.8, 4) is 0 Å². The monoisotopic (exact) mass is 627 g/mol. The van der Waals surface area contributed by atoms with Crippen LogP contribution in [0.3, 0.4) is 0 Å². The Bertz CT molecular complexity index is 1470. The minimum atomic E-state index is -2.99. The standard InChI is InChI=1S/C34H42FNO7S/c1-44(42,43)21-3-2-4-24-7-15-29(16-8-24)36-32(27-9-5-25(6-10-27)19-20-34(41,22-37)23-38)30(33(36)40)17-18-31(39)26-11-13-28(35)14-12-26/h5-16,30-32,37-39,41H,2-4,17-23H2,1H3/t30-,31+,32-/m1/s1. The van der Waals surface area contributed by atoms with E-state index in [9.17, 15) is 38.0 Å². The number of carbonyl (C=O) groups excluding carboxylic acids is 1. The molecule has 1 aliphatic heterocycles. The number of aryl methyl sites for hydroxylation is 2. The predicted octanol–water partition coefficient (Wildman–Crippen LogP) is 4.06. The molecule has 10 heteroatoms. The van der Waals surface area contributed by atoms with Crippen LogP contribution in [0.5, 0.6) is 0 Å². The fourth-order valence-electron chi connectivity index (χ4n) is 5.67. The average Bonchev–Trinajstić information content (AvgIpc) is 3.01. The molecule has 238 valence electrons. The van der Waals surface area contributed by atoms with Gasteiger partial charge in [-0.2, -0.15) is 0 Å². The summed E-state index contributed by atoms with van der Waals surface area (Å²) in [5, 5.41) is 39.7. The van der Waals surface area contributed by atoms with Crippen LogP contribution in [0.15, 0.2) is 72.8 Å². The van der Waals surface area contributed by atoms with Gasteiger partial charge in [0.25, 0.3) is 0 Å². The summed E-state index contributed by atoms with van der Waals surface area (Å²) in [5.41, 5.74) is 2.67. The van der Waals surface area contributed by atoms with E-state index in [1.165, 1.54) is 18.4 Å². The molecular weight excluding hydrogens is 585 g/mol. The molecule has 0 aromatic heterocycles. The summed E-state index contributed by atoms with van der Waals surface area (Å²) in [7, 11) is -2.99. The molecule has 44 heavy (non-hydrogen) atoms. The minimum Gasteiger partial charge on any atom is -0.393 e. The minimum absolute atomic E-state index is 0.0535. The van der Waals surface area contributed by atoms with E-state index in [-0.39, 0.29) is 35.9 Å². The van der Waals surface area contributed by atoms with Crippen molar-refractivity contribution < 1.29 is 38.0 Å². The van der Waals surface area contributed by atoms with Crippen LogP contribution >= 0.6 is 0 Å². The van der Waals surface area contributed by atoms with E-state index >= 15 is 0 Å². The number of amides is 1. The predicted molar refractivity (Wildman–Crippen MR) is 167 cm³/mol. The molecule has 0 spiro atoms. The van der Waals surface area contributed by atoms with E-state index in [0.29, 0.717) is 31.2 Å². The molecule has 4 N–H and O–H groups in total. The Labute approximate surface area is 258 Å². The van der Waals surface area contributed by atoms with Gasteiger partial charge in [0.1, 0.15) is 21.3 Å². The highest BCUT2D eigenvalue weighted by atomic mass is 32.2. The second-order valence-electron chi connectivity index (χ2n) is 11.9. The largest absolute Gasteiger partial charge is 0.393 e. The molecule has 0 saturated carbocycles. The smallest absolute Gasteiger partial charge is 0.233 e. The average molecular weight is 628 g/mol. The van der Waals surface area contributed by atoms with Gasteiger partial charge in [0, 0.05) is 17.7 Å². The van der Waals surface area contributed by atoms with Gasteiger partial charge < -0.3 is 25.3 Å². The number of hydrogen-bond donors (Lipinski definition) is 4. The van der Waals surface area contributed by atoms with Crippen LogP contribution in [0.2, 0.25) is 0 Å². The number of nitrogens with zero attached hydrogens (tertiary/aromatic N) is 1. The van der Waals surface area contributed by atoms with E-state index in [1.54, 1.807) is 17.0 Å². The van der Waals surface area contributed by atoms with Crippen LogP contribution in [0, 0.1) is 11.7 Å². The molecule has 0 bridgehead atoms. The molecule has 3 atom stereocenters. The number of hydrogen-bond acceptors (Lipinski definition) is 7. The normalized spacial score (nSPS) is 17.9. The summed E-state index contributed by atoms with van der Waals surface area (Å²) in [6, 6.07) is 20.8. The molecule has 1 aliphatic rings. The van der Waals surface area contributed by atoms with Crippen LogP contribution in [-0.2, 0) is 27.5 Å². The van der Waals surface area contributed by atoms with Gasteiger partial charge in [-0.05, 0) is 91.5 Å². The number of carbonyl (C=O) groups is 1. The maximum atomic E-state index is 13.5. The first-order valence-electron chi connectivity index (χ1n) is 15.0. The lowest BCUT2D eigenvalue weighted by molar-refractivity contribution is -0.131. The number of halogens is 1. The lowest BCUT2D eigenvalue weighted by Gasteiger charge is -2.48. The fourth-order valence-corrected chi connectivity index (χ4v) is 6.40. The van der Waals surface area contributed by atoms with Gasteiger partial charge in [-0.3, -0.25) is 4.79 Å². The Morgan fingerprint density at radius 3 is 2.07 bits per heavy atom. The zero-order valence-electron chi connectivity index (χ0n) is 25.0. The molecule has 3 aromatic carbocycles. The van der Waals surface area contributed by atoms with E-state index in [0.717, 1.165) is 35.2 Å². The van der Waals surface area contributed by atoms with Crippen molar-refractivity contribution in [3.63, 3.8) is 0 Å². The van der Waals surface area contributed by atoms with Crippen molar-refractivity contribution in [2.75, 3.05) is 30.1 Å². The topological polar surface area (TPSA) is 135 Å². The van der Waals surface area contributed by atoms with Gasteiger partial charge in [-0.25, -0.2) is 12.8 Å². The van der Waals surface area contributed by atoms with Crippen molar-refractivity contribution in [1.29, 1.82) is 0 Å². The Morgan fingerprint density at radius 2 is 1.48 bits per heavy atom. The van der Waals surface area contributed by atoms with Crippen LogP contribution in [0.25, 0.3) is 0 Å². The molecule has 1 amide bonds. The summed E-state index contributed by atoms with van der Waals surface area (Å²) in [5.74, 6) is -0.649. The number of rotatable bonds is 16. The summed E-state index contributed by atoms with van der Waals surface area (Å²) in [6.45, 7) is -1.07. The first-order chi connectivity index (χ1) is 20.9. The van der Waals surface area contributed by atoms with Gasteiger partial charge in [-0.15, -0.1) is 0 Å². The van der Waals surface area contributed by atoms with Crippen molar-refractivity contribution in [3.05, 3.63) is 101 Å². The van der Waals surface area contributed by atoms with Crippen LogP contribution in [0.4, 0.5) is 10.1 Å². The first kappa shape index (κ1) is 33.7. The molecule has 0 radical (unpaired) electrons. The molecule has 1 fully saturated rings. The Balaban J connectivity index is 1.49. The van der Waals surface area contributed by atoms with E-state index in [1.807, 2.05) is 48.5 Å². The van der Waals surface area contributed by atoms with Crippen LogP contribution in [0.1, 0.15) is 66.5 Å². The van der Waals surface area contributed by atoms with Gasteiger partial charge >= 0.3 is 0 Å². The summed E-state index contributed by atoms with van der Waals surface area (Å²) in [6.07, 6.45) is 3.88. The van der Waals surface area contributed by atoms with E-state index in [2.05, 4.69) is 0 Å². The van der Waals surface area contributed by atoms with Crippen molar-refractivity contribution >= 4 is 21.4 Å². The van der Waals surface area contributed by atoms with Gasteiger partial charge in [0.15, 0.2) is 0 Å². The molecule has 1 heterocycles. The zero-order valence-corrected chi connectivity index (χ0v) is 25.8. The highest BCUT2D eigenvalue weighted by molar-refractivity contribution is 7.90. The summed E-state index contributed by atoms with van der Waals surface area (Å²) < 4.78 is 36.1. The molecular formula is C34H42FNO7S. The van der Waals surface area contributed by atoms with Gasteiger partial charge in [-0.1, -0.05) is 48.5 Å². The Morgan fingerprint density at radius 1 is 0.886 bits per heavy atom. The zero-order chi connectivity index (χ0) is 31.9. The molecule has 0 aliphatic carbocycles. The maximum absolute atomic E-state index is 13.5. The maximum Gasteiger partial charge on any atom is 0.233 e. The van der Waals surface area contributed by atoms with Crippen LogP contribution < -0.4 is 4.90 Å². The third-order valence-corrected chi connectivity index (χ3v) is 9.48. The van der Waals surface area contributed by atoms with Crippen molar-refractivity contribution in [2.24, 2.45) is 5.92 Å². The number of anilines is 1. The first-order valence-corrected chi connectivity index (χ1v) is 17.1. The van der Waals surface area contributed by atoms with Crippen LogP contribution in [-0.4, -0.2) is 65.6 Å². The molecule has 1 saturated heterocycles. The fraction of sp³-hybridized carbons (Fsp3) is 0.441. The van der Waals surface area contributed by atoms with E-state index < -0.39 is 34.8 Å². The van der Waals surface area contributed by atoms with E-state index in [4.69, 9.17) is 0 Å². The number of aliphatic hydroxyl groups excluding tert-OH is 3. The third kappa shape index (κ3) is 8.73. The second-order valence-corrected chi connectivity index (χ2v) is 14.2. The summed E-state index contributed by atoms with van der Waals surface area (Å²) in [4.78, 5) is 15.3. The number of sulfone groups is 1. The lowest BCUT2D eigenvalue weighted by Crippen LogP contribution is -2.55. The highest BCUT2D eigenvalue weighted by Gasteiger charge is 2.48. The number of β-lactam (4-membered cyclic amide) rings is 1. The number of aliphatic hydroxyl groups is 4. The van der Waals surface area contributed by atoms with Crippen molar-refractivity contribution in [1.82, 2.24) is 0 Å². The third-order valence-electron chi connectivity index (χ3n) is 8.45. The number of unbranched alkanes of at least 4 members (excludes halogenated alkanes) is 1. The summed E-state index contributed by atoms with van der Waals surface area (Å²) >= 11 is 0. The quantitative estimate of drug-likeness (QED) is 0.139. The molecule has 4 rings (SSSR count). The molecule has 0 unspecified atom stereocenters. The Hall–Kier alpha value is -3.15. The Kier molecular flexibility index (Phi) is 11.3. The lowest BCUT2D eigenvalue weighted by atomic mass is 9.78. The molecule has 3 aromatic rings. The van der Waals surface area contributed by atoms with Gasteiger partial charge in [0.05, 0.1) is 31.3 Å². The number of benzene rings is 3. The molecule has 8 nitrogen and oxygen atoms in total. The SMILES string of the molecule is CS(=O)(=O)CCCCc1ccc(N2C(=O)[C@H](CC[C@H](O)c3ccc(F)cc3)[C@H]2c2ccc(CCC(O)(CO)CO)cc2)cc1. The van der Waals surface area contributed by atoms with Gasteiger partial charge in [0.2, 0.25) is 5.91 Å². The second kappa shape index (κ2) is 14.8. The van der Waals surface area contributed by atoms with Crippen molar-refractivity contribution in [2.45, 2.75) is 62.7 Å². The highest BCUT2D eigenvalue weighted by Crippen LogP contribution is 2.46.